The molecular weight excluding hydrogens is 348 g/mol. The van der Waals surface area contributed by atoms with E-state index in [0.29, 0.717) is 0 Å². The lowest BCUT2D eigenvalue weighted by Gasteiger charge is -2.19. The maximum absolute atomic E-state index is 12.3. The second-order valence-electron chi connectivity index (χ2n) is 7.57. The Morgan fingerprint density at radius 2 is 1.63 bits per heavy atom. The molecule has 0 aromatic heterocycles. The van der Waals surface area contributed by atoms with Crippen LogP contribution in [0.25, 0.3) is 0 Å². The third-order valence-corrected chi connectivity index (χ3v) is 3.60. The Morgan fingerprint density at radius 1 is 1.07 bits per heavy atom. The Hall–Kier alpha value is -2.57. The molecule has 0 radical (unpaired) electrons. The fourth-order valence-electron chi connectivity index (χ4n) is 2.49. The van der Waals surface area contributed by atoms with Gasteiger partial charge >= 0.3 is 12.1 Å². The lowest BCUT2D eigenvalue weighted by Crippen LogP contribution is -2.35. The maximum atomic E-state index is 12.3. The average molecular weight is 378 g/mol. The van der Waals surface area contributed by atoms with Gasteiger partial charge in [0.15, 0.2) is 6.10 Å². The molecule has 0 bridgehead atoms. The van der Waals surface area contributed by atoms with Crippen LogP contribution in [0.15, 0.2) is 12.1 Å². The summed E-state index contributed by atoms with van der Waals surface area (Å²) in [5, 5.41) is 5.28. The van der Waals surface area contributed by atoms with Gasteiger partial charge in [-0.25, -0.2) is 4.79 Å². The Balaban J connectivity index is 2.47. The van der Waals surface area contributed by atoms with Crippen LogP contribution < -0.4 is 10.6 Å². The van der Waals surface area contributed by atoms with Crippen LogP contribution in [0.3, 0.4) is 0 Å². The second kappa shape index (κ2) is 9.39. The molecule has 27 heavy (non-hydrogen) atoms. The number of amides is 2. The summed E-state index contributed by atoms with van der Waals surface area (Å²) in [4.78, 5) is 35.7. The summed E-state index contributed by atoms with van der Waals surface area (Å²) in [6, 6.07) is 3.95. The van der Waals surface area contributed by atoms with Crippen molar-refractivity contribution in [3.63, 3.8) is 0 Å². The minimum atomic E-state index is -0.945. The van der Waals surface area contributed by atoms with Crippen LogP contribution in [0.2, 0.25) is 0 Å². The van der Waals surface area contributed by atoms with E-state index in [1.54, 1.807) is 20.8 Å². The molecule has 2 amide bonds. The number of nitrogens with one attached hydrogen (secondary N) is 2. The monoisotopic (exact) mass is 378 g/mol. The molecule has 0 saturated heterocycles. The van der Waals surface area contributed by atoms with Gasteiger partial charge in [-0.1, -0.05) is 17.7 Å². The normalized spacial score (nSPS) is 12.1. The summed E-state index contributed by atoms with van der Waals surface area (Å²) in [6.45, 7) is 12.6. The highest BCUT2D eigenvalue weighted by atomic mass is 16.6. The first-order chi connectivity index (χ1) is 12.4. The van der Waals surface area contributed by atoms with E-state index in [1.807, 2.05) is 32.9 Å². The lowest BCUT2D eigenvalue weighted by atomic mass is 10.0. The van der Waals surface area contributed by atoms with Gasteiger partial charge in [0, 0.05) is 12.2 Å². The number of esters is 1. The van der Waals surface area contributed by atoms with E-state index in [0.717, 1.165) is 22.4 Å². The van der Waals surface area contributed by atoms with Crippen LogP contribution in [0, 0.1) is 20.8 Å². The Morgan fingerprint density at radius 3 is 2.15 bits per heavy atom. The van der Waals surface area contributed by atoms with Crippen LogP contribution in [-0.2, 0) is 19.1 Å². The molecule has 0 saturated carbocycles. The van der Waals surface area contributed by atoms with Crippen molar-refractivity contribution < 1.29 is 23.9 Å². The highest BCUT2D eigenvalue weighted by Gasteiger charge is 2.20. The van der Waals surface area contributed by atoms with Crippen LogP contribution in [0.1, 0.15) is 50.8 Å². The predicted octanol–water partition coefficient (Wildman–Crippen LogP) is 3.40. The van der Waals surface area contributed by atoms with E-state index in [4.69, 9.17) is 9.47 Å². The zero-order valence-electron chi connectivity index (χ0n) is 17.2. The third-order valence-electron chi connectivity index (χ3n) is 3.60. The van der Waals surface area contributed by atoms with Crippen molar-refractivity contribution in [2.24, 2.45) is 0 Å². The number of rotatable bonds is 6. The summed E-state index contributed by atoms with van der Waals surface area (Å²) in [7, 11) is 0. The number of carbonyl (C=O) groups excluding carboxylic acids is 3. The van der Waals surface area contributed by atoms with Crippen LogP contribution >= 0.6 is 0 Å². The van der Waals surface area contributed by atoms with Crippen molar-refractivity contribution in [2.45, 2.75) is 66.6 Å². The Labute approximate surface area is 160 Å². The largest absolute Gasteiger partial charge is 0.452 e. The quantitative estimate of drug-likeness (QED) is 0.740. The summed E-state index contributed by atoms with van der Waals surface area (Å²) < 4.78 is 10.2. The molecule has 0 heterocycles. The smallest absolute Gasteiger partial charge is 0.407 e. The fourth-order valence-corrected chi connectivity index (χ4v) is 2.49. The van der Waals surface area contributed by atoms with E-state index in [-0.39, 0.29) is 13.0 Å². The molecular formula is C20H30N2O5. The number of hydrogen-bond donors (Lipinski definition) is 2. The van der Waals surface area contributed by atoms with Gasteiger partial charge in [0.2, 0.25) is 0 Å². The van der Waals surface area contributed by atoms with E-state index in [1.165, 1.54) is 6.92 Å². The fraction of sp³-hybridized carbons (Fsp3) is 0.550. The average Bonchev–Trinajstić information content (AvgIpc) is 2.48. The molecule has 7 nitrogen and oxygen atoms in total. The van der Waals surface area contributed by atoms with Crippen LogP contribution in [0.4, 0.5) is 10.5 Å². The topological polar surface area (TPSA) is 93.7 Å². The van der Waals surface area contributed by atoms with E-state index < -0.39 is 29.7 Å². The number of hydrogen-bond acceptors (Lipinski definition) is 5. The van der Waals surface area contributed by atoms with Gasteiger partial charge in [-0.3, -0.25) is 9.59 Å². The number of carbonyl (C=O) groups is 3. The number of anilines is 1. The van der Waals surface area contributed by atoms with Crippen molar-refractivity contribution in [1.82, 2.24) is 5.32 Å². The second-order valence-corrected chi connectivity index (χ2v) is 7.57. The number of alkyl carbamates (subject to hydrolysis) is 1. The van der Waals surface area contributed by atoms with E-state index in [2.05, 4.69) is 10.6 Å². The summed E-state index contributed by atoms with van der Waals surface area (Å²) >= 11 is 0. The van der Waals surface area contributed by atoms with Gasteiger partial charge in [0.1, 0.15) is 5.60 Å². The number of benzene rings is 1. The van der Waals surface area contributed by atoms with Crippen molar-refractivity contribution in [2.75, 3.05) is 11.9 Å². The molecule has 0 aliphatic heterocycles. The summed E-state index contributed by atoms with van der Waals surface area (Å²) in [5.41, 5.74) is 3.12. The molecule has 0 aliphatic carbocycles. The van der Waals surface area contributed by atoms with Crippen molar-refractivity contribution in [3.05, 3.63) is 28.8 Å². The molecule has 0 unspecified atom stereocenters. The highest BCUT2D eigenvalue weighted by molar-refractivity contribution is 5.96. The molecule has 1 aromatic rings. The molecule has 0 spiro atoms. The first-order valence-electron chi connectivity index (χ1n) is 8.94. The van der Waals surface area contributed by atoms with E-state index in [9.17, 15) is 14.4 Å². The zero-order valence-corrected chi connectivity index (χ0v) is 17.2. The minimum absolute atomic E-state index is 0.0561. The maximum Gasteiger partial charge on any atom is 0.407 e. The molecule has 150 valence electrons. The standard InChI is InChI=1S/C20H30N2O5/c1-12-10-13(2)17(14(3)11-12)22-18(24)15(4)26-16(23)8-9-21-19(25)27-20(5,6)7/h10-11,15H,8-9H2,1-7H3,(H,21,25)(H,22,24)/t15-/m0/s1. The number of aryl methyl sites for hydroxylation is 3. The van der Waals surface area contributed by atoms with Gasteiger partial charge in [-0.15, -0.1) is 0 Å². The molecule has 1 atom stereocenters. The third kappa shape index (κ3) is 8.11. The van der Waals surface area contributed by atoms with Crippen molar-refractivity contribution in [1.29, 1.82) is 0 Å². The number of ether oxygens (including phenoxy) is 2. The molecule has 0 fully saturated rings. The first-order valence-corrected chi connectivity index (χ1v) is 8.94. The molecule has 0 aliphatic rings. The minimum Gasteiger partial charge on any atom is -0.452 e. The van der Waals surface area contributed by atoms with Crippen LogP contribution in [0.5, 0.6) is 0 Å². The zero-order chi connectivity index (χ0) is 20.8. The molecule has 1 aromatic carbocycles. The summed E-state index contributed by atoms with van der Waals surface area (Å²) in [6.07, 6.45) is -1.61. The summed E-state index contributed by atoms with van der Waals surface area (Å²) in [5.74, 6) is -0.982. The van der Waals surface area contributed by atoms with Gasteiger partial charge in [0.05, 0.1) is 6.42 Å². The van der Waals surface area contributed by atoms with Gasteiger partial charge < -0.3 is 20.1 Å². The SMILES string of the molecule is Cc1cc(C)c(NC(=O)[C@H](C)OC(=O)CCNC(=O)OC(C)(C)C)c(C)c1. The van der Waals surface area contributed by atoms with Gasteiger partial charge in [-0.05, 0) is 59.6 Å². The van der Waals surface area contributed by atoms with Gasteiger partial charge in [0.25, 0.3) is 5.91 Å². The molecule has 1 rings (SSSR count). The Bertz CT molecular complexity index is 684. The first kappa shape index (κ1) is 22.5. The van der Waals surface area contributed by atoms with Crippen molar-refractivity contribution >= 4 is 23.7 Å². The highest BCUT2D eigenvalue weighted by Crippen LogP contribution is 2.22. The predicted molar refractivity (Wildman–Crippen MR) is 104 cm³/mol. The lowest BCUT2D eigenvalue weighted by molar-refractivity contribution is -0.153. The van der Waals surface area contributed by atoms with Crippen molar-refractivity contribution in [3.8, 4) is 0 Å². The van der Waals surface area contributed by atoms with E-state index >= 15 is 0 Å². The van der Waals surface area contributed by atoms with Gasteiger partial charge in [-0.2, -0.15) is 0 Å². The molecule has 7 heteroatoms. The Kier molecular flexibility index (Phi) is 7.82. The molecule has 2 N–H and O–H groups in total. The van der Waals surface area contributed by atoms with Crippen LogP contribution in [-0.4, -0.2) is 36.2 Å².